The van der Waals surface area contributed by atoms with Crippen molar-refractivity contribution in [1.29, 1.82) is 0 Å². The van der Waals surface area contributed by atoms with E-state index in [0.29, 0.717) is 5.02 Å². The summed E-state index contributed by atoms with van der Waals surface area (Å²) in [5, 5.41) is 0.676. The maximum absolute atomic E-state index is 10.8. The second kappa shape index (κ2) is 3.51. The third kappa shape index (κ3) is 2.10. The van der Waals surface area contributed by atoms with E-state index in [9.17, 15) is 4.79 Å². The van der Waals surface area contributed by atoms with E-state index >= 15 is 0 Å². The molecule has 0 spiro atoms. The lowest BCUT2D eigenvalue weighted by Gasteiger charge is -2.20. The largest absolute Gasteiger partial charge is 0.302 e. The van der Waals surface area contributed by atoms with Crippen LogP contribution in [0.25, 0.3) is 0 Å². The summed E-state index contributed by atoms with van der Waals surface area (Å²) >= 11 is 5.86. The van der Waals surface area contributed by atoms with Gasteiger partial charge in [0.2, 0.25) is 0 Å². The number of halogens is 1. The molecule has 13 heavy (non-hydrogen) atoms. The van der Waals surface area contributed by atoms with Crippen LogP contribution in [0.1, 0.15) is 25.0 Å². The number of aryl methyl sites for hydroxylation is 1. The molecule has 1 rings (SSSR count). The summed E-state index contributed by atoms with van der Waals surface area (Å²) in [5.41, 5.74) is 1.64. The molecular formula is C11H13ClO. The number of carbonyl (C=O) groups excluding carboxylic acids is 1. The molecule has 70 valence electrons. The van der Waals surface area contributed by atoms with Gasteiger partial charge in [0.1, 0.15) is 6.29 Å². The van der Waals surface area contributed by atoms with Gasteiger partial charge in [0, 0.05) is 10.4 Å². The van der Waals surface area contributed by atoms with Crippen molar-refractivity contribution in [2.45, 2.75) is 26.2 Å². The lowest BCUT2D eigenvalue weighted by Crippen LogP contribution is -2.19. The average molecular weight is 197 g/mol. The second-order valence-electron chi connectivity index (χ2n) is 3.80. The van der Waals surface area contributed by atoms with Gasteiger partial charge < -0.3 is 4.79 Å². The minimum absolute atomic E-state index is 0.449. The van der Waals surface area contributed by atoms with Gasteiger partial charge in [-0.15, -0.1) is 0 Å². The first-order valence-corrected chi connectivity index (χ1v) is 4.58. The van der Waals surface area contributed by atoms with Gasteiger partial charge in [0.25, 0.3) is 0 Å². The van der Waals surface area contributed by atoms with Gasteiger partial charge in [0.15, 0.2) is 0 Å². The third-order valence-corrected chi connectivity index (χ3v) is 2.42. The molecule has 2 heteroatoms. The minimum Gasteiger partial charge on any atom is -0.302 e. The first-order valence-electron chi connectivity index (χ1n) is 4.20. The molecule has 0 saturated heterocycles. The maximum atomic E-state index is 10.8. The lowest BCUT2D eigenvalue weighted by molar-refractivity contribution is -0.111. The van der Waals surface area contributed by atoms with Gasteiger partial charge in [-0.2, -0.15) is 0 Å². The van der Waals surface area contributed by atoms with Gasteiger partial charge in [-0.1, -0.05) is 17.7 Å². The summed E-state index contributed by atoms with van der Waals surface area (Å²) in [4.78, 5) is 10.8. The Morgan fingerprint density at radius 1 is 1.38 bits per heavy atom. The van der Waals surface area contributed by atoms with E-state index < -0.39 is 5.41 Å². The Hall–Kier alpha value is -0.820. The van der Waals surface area contributed by atoms with E-state index in [-0.39, 0.29) is 0 Å². The number of rotatable bonds is 2. The fourth-order valence-electron chi connectivity index (χ4n) is 1.35. The average Bonchev–Trinajstić information content (AvgIpc) is 2.09. The highest BCUT2D eigenvalue weighted by atomic mass is 35.5. The molecule has 0 N–H and O–H groups in total. The van der Waals surface area contributed by atoms with Crippen molar-refractivity contribution in [2.75, 3.05) is 0 Å². The maximum Gasteiger partial charge on any atom is 0.129 e. The van der Waals surface area contributed by atoms with Crippen molar-refractivity contribution in [2.24, 2.45) is 0 Å². The van der Waals surface area contributed by atoms with Crippen LogP contribution >= 0.6 is 11.6 Å². The molecule has 0 aliphatic heterocycles. The molecule has 0 atom stereocenters. The standard InChI is InChI=1S/C11H13ClO/c1-8-4-5-9(12)6-10(8)11(2,3)7-13/h4-7H,1-3H3. The fraction of sp³-hybridized carbons (Fsp3) is 0.364. The summed E-state index contributed by atoms with van der Waals surface area (Å²) in [6.45, 7) is 5.76. The van der Waals surface area contributed by atoms with Gasteiger partial charge in [-0.05, 0) is 44.0 Å². The van der Waals surface area contributed by atoms with E-state index in [0.717, 1.165) is 17.4 Å². The summed E-state index contributed by atoms with van der Waals surface area (Å²) in [6, 6.07) is 5.62. The number of benzene rings is 1. The van der Waals surface area contributed by atoms with Crippen LogP contribution in [0, 0.1) is 6.92 Å². The highest BCUT2D eigenvalue weighted by Crippen LogP contribution is 2.26. The van der Waals surface area contributed by atoms with Crippen LogP contribution in [-0.2, 0) is 10.2 Å². The van der Waals surface area contributed by atoms with Gasteiger partial charge >= 0.3 is 0 Å². The minimum atomic E-state index is -0.449. The molecule has 1 aromatic carbocycles. The molecule has 0 heterocycles. The third-order valence-electron chi connectivity index (χ3n) is 2.19. The van der Waals surface area contributed by atoms with Crippen molar-refractivity contribution in [1.82, 2.24) is 0 Å². The normalized spacial score (nSPS) is 11.4. The smallest absolute Gasteiger partial charge is 0.129 e. The zero-order valence-electron chi connectivity index (χ0n) is 8.10. The van der Waals surface area contributed by atoms with Crippen molar-refractivity contribution in [3.05, 3.63) is 34.3 Å². The molecule has 1 aromatic rings. The zero-order valence-corrected chi connectivity index (χ0v) is 8.85. The summed E-state index contributed by atoms with van der Waals surface area (Å²) < 4.78 is 0. The Balaban J connectivity index is 3.28. The molecule has 0 bridgehead atoms. The number of hydrogen-bond donors (Lipinski definition) is 0. The molecule has 0 unspecified atom stereocenters. The van der Waals surface area contributed by atoms with Crippen LogP contribution in [0.2, 0.25) is 5.02 Å². The van der Waals surface area contributed by atoms with Crippen LogP contribution in [0.5, 0.6) is 0 Å². The Labute approximate surface area is 83.7 Å². The quantitative estimate of drug-likeness (QED) is 0.665. The van der Waals surface area contributed by atoms with Crippen molar-refractivity contribution >= 4 is 17.9 Å². The van der Waals surface area contributed by atoms with Gasteiger partial charge in [0.05, 0.1) is 0 Å². The lowest BCUT2D eigenvalue weighted by atomic mass is 9.84. The molecule has 0 saturated carbocycles. The fourth-order valence-corrected chi connectivity index (χ4v) is 1.52. The van der Waals surface area contributed by atoms with E-state index in [1.165, 1.54) is 0 Å². The number of carbonyl (C=O) groups is 1. The first kappa shape index (κ1) is 10.3. The molecule has 0 amide bonds. The summed E-state index contributed by atoms with van der Waals surface area (Å²) in [7, 11) is 0. The predicted octanol–water partition coefficient (Wildman–Crippen LogP) is 3.12. The van der Waals surface area contributed by atoms with Crippen LogP contribution in [0.15, 0.2) is 18.2 Å². The van der Waals surface area contributed by atoms with Crippen LogP contribution in [0.3, 0.4) is 0 Å². The Morgan fingerprint density at radius 3 is 2.54 bits per heavy atom. The highest BCUT2D eigenvalue weighted by Gasteiger charge is 2.21. The Kier molecular flexibility index (Phi) is 2.77. The highest BCUT2D eigenvalue weighted by molar-refractivity contribution is 6.30. The topological polar surface area (TPSA) is 17.1 Å². The van der Waals surface area contributed by atoms with Crippen molar-refractivity contribution in [3.63, 3.8) is 0 Å². The molecule has 0 radical (unpaired) electrons. The van der Waals surface area contributed by atoms with Crippen LogP contribution < -0.4 is 0 Å². The molecule has 0 aliphatic rings. The summed E-state index contributed by atoms with van der Waals surface area (Å²) in [5.74, 6) is 0. The molecule has 0 aliphatic carbocycles. The SMILES string of the molecule is Cc1ccc(Cl)cc1C(C)(C)C=O. The molecular weight excluding hydrogens is 184 g/mol. The number of aldehydes is 1. The van der Waals surface area contributed by atoms with Crippen molar-refractivity contribution in [3.8, 4) is 0 Å². The van der Waals surface area contributed by atoms with E-state index in [2.05, 4.69) is 0 Å². The van der Waals surface area contributed by atoms with Crippen molar-refractivity contribution < 1.29 is 4.79 Å². The van der Waals surface area contributed by atoms with Gasteiger partial charge in [-0.3, -0.25) is 0 Å². The van der Waals surface area contributed by atoms with E-state index in [1.807, 2.05) is 39.0 Å². The van der Waals surface area contributed by atoms with E-state index in [1.54, 1.807) is 0 Å². The molecule has 0 fully saturated rings. The Morgan fingerprint density at radius 2 is 2.00 bits per heavy atom. The first-order chi connectivity index (χ1) is 5.97. The Bertz CT molecular complexity index is 329. The zero-order chi connectivity index (χ0) is 10.1. The van der Waals surface area contributed by atoms with Crippen LogP contribution in [-0.4, -0.2) is 6.29 Å². The number of hydrogen-bond acceptors (Lipinski definition) is 1. The molecule has 1 nitrogen and oxygen atoms in total. The van der Waals surface area contributed by atoms with Gasteiger partial charge in [-0.25, -0.2) is 0 Å². The monoisotopic (exact) mass is 196 g/mol. The second-order valence-corrected chi connectivity index (χ2v) is 4.24. The summed E-state index contributed by atoms with van der Waals surface area (Å²) in [6.07, 6.45) is 0.950. The predicted molar refractivity (Wildman–Crippen MR) is 55.3 cm³/mol. The van der Waals surface area contributed by atoms with Crippen LogP contribution in [0.4, 0.5) is 0 Å². The molecule has 0 aromatic heterocycles. The van der Waals surface area contributed by atoms with E-state index in [4.69, 9.17) is 11.6 Å².